The fourth-order valence-corrected chi connectivity index (χ4v) is 2.94. The molecule has 1 aromatic rings. The molecule has 0 fully saturated rings. The number of fused-ring (bicyclic) bond motifs is 1. The van der Waals surface area contributed by atoms with Crippen LogP contribution < -0.4 is 4.74 Å². The van der Waals surface area contributed by atoms with Gasteiger partial charge in [0.2, 0.25) is 0 Å². The summed E-state index contributed by atoms with van der Waals surface area (Å²) in [5, 5.41) is 0. The van der Waals surface area contributed by atoms with Gasteiger partial charge in [-0.2, -0.15) is 0 Å². The highest BCUT2D eigenvalue weighted by Crippen LogP contribution is 2.47. The molecular formula is C19H22O5. The van der Waals surface area contributed by atoms with Gasteiger partial charge in [0.25, 0.3) is 0 Å². The minimum atomic E-state index is -0.593. The fraction of sp³-hybridized carbons (Fsp3) is 0.368. The second kappa shape index (κ2) is 7.34. The maximum atomic E-state index is 12.3. The van der Waals surface area contributed by atoms with E-state index in [0.717, 1.165) is 23.1 Å². The predicted molar refractivity (Wildman–Crippen MR) is 90.7 cm³/mol. The topological polar surface area (TPSA) is 61.8 Å². The zero-order valence-electron chi connectivity index (χ0n) is 14.5. The molecule has 1 aliphatic carbocycles. The second-order valence-electron chi connectivity index (χ2n) is 5.58. The molecule has 0 N–H and O–H groups in total. The van der Waals surface area contributed by atoms with Crippen LogP contribution in [0.15, 0.2) is 35.9 Å². The third-order valence-corrected chi connectivity index (χ3v) is 4.10. The van der Waals surface area contributed by atoms with E-state index in [0.29, 0.717) is 17.9 Å². The Balaban J connectivity index is 2.54. The van der Waals surface area contributed by atoms with Crippen LogP contribution in [0.25, 0.3) is 5.57 Å². The van der Waals surface area contributed by atoms with Crippen molar-refractivity contribution in [1.82, 2.24) is 0 Å². The first kappa shape index (κ1) is 17.8. The van der Waals surface area contributed by atoms with E-state index in [1.54, 1.807) is 0 Å². The normalized spacial score (nSPS) is 15.8. The average Bonchev–Trinajstić information content (AvgIpc) is 2.89. The number of hydrogen-bond acceptors (Lipinski definition) is 5. The van der Waals surface area contributed by atoms with Crippen molar-refractivity contribution in [2.24, 2.45) is 0 Å². The van der Waals surface area contributed by atoms with Crippen LogP contribution in [0.2, 0.25) is 0 Å². The number of benzene rings is 1. The molecule has 0 saturated heterocycles. The average molecular weight is 330 g/mol. The summed E-state index contributed by atoms with van der Waals surface area (Å²) in [6.07, 6.45) is 0.889. The van der Waals surface area contributed by atoms with Gasteiger partial charge in [0.1, 0.15) is 5.75 Å². The Kier molecular flexibility index (Phi) is 5.44. The standard InChI is InChI=1S/C19H22O5/c1-6-9-24-13-7-8-14-11(2)17(19(21)23-5)16(15(14)10-13)12(3)18(20)22-4/h7-8,10,16H,3,6,9H2,1-2,4-5H3. The van der Waals surface area contributed by atoms with E-state index in [1.807, 2.05) is 32.0 Å². The molecule has 5 heteroatoms. The molecule has 1 unspecified atom stereocenters. The van der Waals surface area contributed by atoms with Crippen LogP contribution in [-0.4, -0.2) is 32.8 Å². The van der Waals surface area contributed by atoms with Crippen LogP contribution in [0, 0.1) is 0 Å². The number of ether oxygens (including phenoxy) is 3. The van der Waals surface area contributed by atoms with Crippen molar-refractivity contribution < 1.29 is 23.8 Å². The minimum absolute atomic E-state index is 0.198. The molecule has 0 amide bonds. The minimum Gasteiger partial charge on any atom is -0.494 e. The molecule has 24 heavy (non-hydrogen) atoms. The number of allylic oxidation sites excluding steroid dienone is 1. The van der Waals surface area contributed by atoms with E-state index in [9.17, 15) is 9.59 Å². The number of esters is 2. The summed E-state index contributed by atoms with van der Waals surface area (Å²) >= 11 is 0. The first-order valence-corrected chi connectivity index (χ1v) is 7.79. The highest BCUT2D eigenvalue weighted by Gasteiger charge is 2.38. The number of carbonyl (C=O) groups is 2. The third-order valence-electron chi connectivity index (χ3n) is 4.10. The zero-order chi connectivity index (χ0) is 17.9. The summed E-state index contributed by atoms with van der Waals surface area (Å²) in [5.41, 5.74) is 3.07. The molecule has 0 heterocycles. The van der Waals surface area contributed by atoms with Gasteiger partial charge in [0.05, 0.1) is 26.4 Å². The Morgan fingerprint density at radius 2 is 1.92 bits per heavy atom. The van der Waals surface area contributed by atoms with Crippen molar-refractivity contribution in [3.63, 3.8) is 0 Å². The summed E-state index contributed by atoms with van der Waals surface area (Å²) in [7, 11) is 2.61. The van der Waals surface area contributed by atoms with E-state index >= 15 is 0 Å². The third kappa shape index (κ3) is 3.07. The Hall–Kier alpha value is -2.56. The Labute approximate surface area is 141 Å². The van der Waals surface area contributed by atoms with Crippen molar-refractivity contribution in [3.8, 4) is 5.75 Å². The molecule has 5 nitrogen and oxygen atoms in total. The SMILES string of the molecule is C=C(C(=O)OC)C1C(C(=O)OC)=C(C)c2ccc(OCCC)cc21. The van der Waals surface area contributed by atoms with Crippen LogP contribution in [0.4, 0.5) is 0 Å². The summed E-state index contributed by atoms with van der Waals surface area (Å²) in [6, 6.07) is 5.60. The second-order valence-corrected chi connectivity index (χ2v) is 5.58. The molecule has 0 radical (unpaired) electrons. The van der Waals surface area contributed by atoms with Crippen LogP contribution in [-0.2, 0) is 19.1 Å². The smallest absolute Gasteiger partial charge is 0.335 e. The van der Waals surface area contributed by atoms with Crippen molar-refractivity contribution in [1.29, 1.82) is 0 Å². The van der Waals surface area contributed by atoms with E-state index in [1.165, 1.54) is 14.2 Å². The fourth-order valence-electron chi connectivity index (χ4n) is 2.94. The lowest BCUT2D eigenvalue weighted by Gasteiger charge is -2.17. The molecular weight excluding hydrogens is 308 g/mol. The highest BCUT2D eigenvalue weighted by atomic mass is 16.5. The van der Waals surface area contributed by atoms with Gasteiger partial charge in [0.15, 0.2) is 0 Å². The Bertz CT molecular complexity index is 714. The van der Waals surface area contributed by atoms with Crippen LogP contribution in [0.3, 0.4) is 0 Å². The maximum absolute atomic E-state index is 12.3. The van der Waals surface area contributed by atoms with Crippen molar-refractivity contribution in [2.75, 3.05) is 20.8 Å². The Morgan fingerprint density at radius 3 is 2.50 bits per heavy atom. The lowest BCUT2D eigenvalue weighted by Crippen LogP contribution is -2.18. The van der Waals surface area contributed by atoms with Gasteiger partial charge in [-0.3, -0.25) is 0 Å². The summed E-state index contributed by atoms with van der Waals surface area (Å²) < 4.78 is 15.4. The van der Waals surface area contributed by atoms with E-state index in [-0.39, 0.29) is 5.57 Å². The molecule has 0 aromatic heterocycles. The number of carbonyl (C=O) groups excluding carboxylic acids is 2. The molecule has 2 rings (SSSR count). The highest BCUT2D eigenvalue weighted by molar-refractivity contribution is 6.06. The molecule has 0 aliphatic heterocycles. The van der Waals surface area contributed by atoms with Gasteiger partial charge in [-0.15, -0.1) is 0 Å². The van der Waals surface area contributed by atoms with Crippen LogP contribution in [0.5, 0.6) is 5.75 Å². The van der Waals surface area contributed by atoms with Crippen molar-refractivity contribution in [2.45, 2.75) is 26.2 Å². The van der Waals surface area contributed by atoms with Crippen LogP contribution in [0.1, 0.15) is 37.3 Å². The molecule has 1 aromatic carbocycles. The van der Waals surface area contributed by atoms with Crippen molar-refractivity contribution >= 4 is 17.5 Å². The quantitative estimate of drug-likeness (QED) is 0.592. The Morgan fingerprint density at radius 1 is 1.21 bits per heavy atom. The van der Waals surface area contributed by atoms with Gasteiger partial charge >= 0.3 is 11.9 Å². The monoisotopic (exact) mass is 330 g/mol. The van der Waals surface area contributed by atoms with Gasteiger partial charge in [-0.1, -0.05) is 19.6 Å². The van der Waals surface area contributed by atoms with E-state index in [4.69, 9.17) is 14.2 Å². The van der Waals surface area contributed by atoms with Crippen molar-refractivity contribution in [3.05, 3.63) is 47.1 Å². The lowest BCUT2D eigenvalue weighted by molar-refractivity contribution is -0.136. The summed E-state index contributed by atoms with van der Waals surface area (Å²) in [4.78, 5) is 24.3. The maximum Gasteiger partial charge on any atom is 0.335 e. The largest absolute Gasteiger partial charge is 0.494 e. The summed E-state index contributed by atoms with van der Waals surface area (Å²) in [6.45, 7) is 8.30. The number of hydrogen-bond donors (Lipinski definition) is 0. The number of rotatable bonds is 6. The van der Waals surface area contributed by atoms with Gasteiger partial charge in [-0.25, -0.2) is 9.59 Å². The molecule has 0 spiro atoms. The van der Waals surface area contributed by atoms with Gasteiger partial charge < -0.3 is 14.2 Å². The number of methoxy groups -OCH3 is 2. The molecule has 1 atom stereocenters. The molecule has 0 bridgehead atoms. The predicted octanol–water partition coefficient (Wildman–Crippen LogP) is 3.25. The lowest BCUT2D eigenvalue weighted by atomic mass is 9.88. The van der Waals surface area contributed by atoms with Crippen LogP contribution >= 0.6 is 0 Å². The molecule has 128 valence electrons. The zero-order valence-corrected chi connectivity index (χ0v) is 14.5. The van der Waals surface area contributed by atoms with Gasteiger partial charge in [0, 0.05) is 11.5 Å². The van der Waals surface area contributed by atoms with Gasteiger partial charge in [-0.05, 0) is 42.2 Å². The van der Waals surface area contributed by atoms with E-state index < -0.39 is 17.9 Å². The molecule has 1 aliphatic rings. The first-order valence-electron chi connectivity index (χ1n) is 7.79. The van der Waals surface area contributed by atoms with E-state index in [2.05, 4.69) is 6.58 Å². The first-order chi connectivity index (χ1) is 11.5. The molecule has 0 saturated carbocycles. The summed E-state index contributed by atoms with van der Waals surface area (Å²) in [5.74, 6) is -0.932.